The molecule has 2 nitrogen and oxygen atoms in total. The molecule has 0 spiro atoms. The van der Waals surface area contributed by atoms with Crippen LogP contribution >= 0.6 is 0 Å². The lowest BCUT2D eigenvalue weighted by Crippen LogP contribution is -2.36. The van der Waals surface area contributed by atoms with E-state index in [9.17, 15) is 0 Å². The van der Waals surface area contributed by atoms with E-state index in [1.54, 1.807) is 0 Å². The molecule has 1 heterocycles. The molecule has 17 heavy (non-hydrogen) atoms. The molecule has 1 N–H and O–H groups in total. The highest BCUT2D eigenvalue weighted by Crippen LogP contribution is 2.17. The zero-order chi connectivity index (χ0) is 12.5. The Morgan fingerprint density at radius 2 is 1.94 bits per heavy atom. The fourth-order valence-corrected chi connectivity index (χ4v) is 2.47. The smallest absolute Gasteiger partial charge is 0.0404 e. The van der Waals surface area contributed by atoms with Crippen LogP contribution in [0, 0.1) is 5.92 Å². The van der Waals surface area contributed by atoms with Gasteiger partial charge in [-0.05, 0) is 37.4 Å². The lowest BCUT2D eigenvalue weighted by Gasteiger charge is -2.26. The van der Waals surface area contributed by atoms with Crippen molar-refractivity contribution in [2.24, 2.45) is 5.92 Å². The van der Waals surface area contributed by atoms with Crippen molar-refractivity contribution in [3.63, 3.8) is 0 Å². The number of hydrogen-bond acceptors (Lipinski definition) is 2. The molecule has 0 amide bonds. The van der Waals surface area contributed by atoms with Crippen molar-refractivity contribution in [3.05, 3.63) is 30.1 Å². The van der Waals surface area contributed by atoms with Crippen LogP contribution in [0.1, 0.15) is 45.7 Å². The minimum absolute atomic E-state index is 0.636. The Morgan fingerprint density at radius 1 is 1.18 bits per heavy atom. The van der Waals surface area contributed by atoms with Gasteiger partial charge in [0.25, 0.3) is 0 Å². The van der Waals surface area contributed by atoms with E-state index < -0.39 is 0 Å². The first-order valence-corrected chi connectivity index (χ1v) is 6.95. The van der Waals surface area contributed by atoms with Crippen LogP contribution in [0.2, 0.25) is 0 Å². The zero-order valence-electron chi connectivity index (χ0n) is 11.4. The number of pyridine rings is 1. The van der Waals surface area contributed by atoms with Gasteiger partial charge in [-0.1, -0.05) is 39.7 Å². The molecule has 0 saturated heterocycles. The van der Waals surface area contributed by atoms with Gasteiger partial charge >= 0.3 is 0 Å². The number of aromatic nitrogens is 1. The lowest BCUT2D eigenvalue weighted by atomic mass is 9.90. The van der Waals surface area contributed by atoms with Crippen molar-refractivity contribution in [2.75, 3.05) is 6.54 Å². The molecule has 1 unspecified atom stereocenters. The molecule has 1 aromatic rings. The Kier molecular flexibility index (Phi) is 6.87. The van der Waals surface area contributed by atoms with E-state index in [-0.39, 0.29) is 0 Å². The fraction of sp³-hybridized carbons (Fsp3) is 0.667. The van der Waals surface area contributed by atoms with Crippen LogP contribution in [-0.2, 0) is 6.42 Å². The fourth-order valence-electron chi connectivity index (χ4n) is 2.47. The topological polar surface area (TPSA) is 24.9 Å². The summed E-state index contributed by atoms with van der Waals surface area (Å²) in [6.07, 6.45) is 6.67. The monoisotopic (exact) mass is 234 g/mol. The lowest BCUT2D eigenvalue weighted by molar-refractivity contribution is 0.322. The van der Waals surface area contributed by atoms with Crippen molar-refractivity contribution in [1.82, 2.24) is 10.3 Å². The molecular formula is C15H26N2. The van der Waals surface area contributed by atoms with Crippen LogP contribution in [0.3, 0.4) is 0 Å². The van der Waals surface area contributed by atoms with Gasteiger partial charge in [-0.2, -0.15) is 0 Å². The second-order valence-corrected chi connectivity index (χ2v) is 4.60. The summed E-state index contributed by atoms with van der Waals surface area (Å²) in [6, 6.07) is 6.81. The molecule has 0 saturated carbocycles. The highest BCUT2D eigenvalue weighted by molar-refractivity contribution is 5.03. The molecule has 0 aliphatic rings. The third kappa shape index (κ3) is 4.86. The summed E-state index contributed by atoms with van der Waals surface area (Å²) in [5, 5.41) is 3.63. The number of aryl methyl sites for hydroxylation is 1. The molecule has 0 aliphatic carbocycles. The molecule has 1 aromatic heterocycles. The number of nitrogens with one attached hydrogen (secondary N) is 1. The van der Waals surface area contributed by atoms with Gasteiger partial charge in [-0.15, -0.1) is 0 Å². The van der Waals surface area contributed by atoms with E-state index in [1.165, 1.54) is 25.0 Å². The van der Waals surface area contributed by atoms with Crippen LogP contribution in [0.25, 0.3) is 0 Å². The van der Waals surface area contributed by atoms with Gasteiger partial charge < -0.3 is 5.32 Å². The Morgan fingerprint density at radius 3 is 2.47 bits per heavy atom. The molecular weight excluding hydrogens is 208 g/mol. The predicted octanol–water partition coefficient (Wildman–Crippen LogP) is 3.43. The molecule has 0 bridgehead atoms. The molecule has 0 radical (unpaired) electrons. The Hall–Kier alpha value is -0.890. The maximum absolute atomic E-state index is 4.39. The van der Waals surface area contributed by atoms with E-state index >= 15 is 0 Å². The number of nitrogens with zero attached hydrogens (tertiary/aromatic N) is 1. The molecule has 2 heteroatoms. The first-order chi connectivity index (χ1) is 8.31. The van der Waals surface area contributed by atoms with E-state index in [0.29, 0.717) is 6.04 Å². The van der Waals surface area contributed by atoms with Crippen molar-refractivity contribution in [3.8, 4) is 0 Å². The predicted molar refractivity (Wildman–Crippen MR) is 74.1 cm³/mol. The average molecular weight is 234 g/mol. The van der Waals surface area contributed by atoms with Crippen LogP contribution in [0.5, 0.6) is 0 Å². The molecule has 0 fully saturated rings. The summed E-state index contributed by atoms with van der Waals surface area (Å²) >= 11 is 0. The van der Waals surface area contributed by atoms with Crippen LogP contribution in [0.15, 0.2) is 24.4 Å². The van der Waals surface area contributed by atoms with Crippen molar-refractivity contribution >= 4 is 0 Å². The first-order valence-electron chi connectivity index (χ1n) is 6.95. The average Bonchev–Trinajstić information content (AvgIpc) is 2.38. The zero-order valence-corrected chi connectivity index (χ0v) is 11.4. The molecule has 0 aliphatic heterocycles. The second-order valence-electron chi connectivity index (χ2n) is 4.60. The van der Waals surface area contributed by atoms with Crippen LogP contribution in [-0.4, -0.2) is 17.6 Å². The third-order valence-electron chi connectivity index (χ3n) is 3.52. The minimum Gasteiger partial charge on any atom is -0.314 e. The molecule has 1 atom stereocenters. The number of rotatable bonds is 8. The van der Waals surface area contributed by atoms with Gasteiger partial charge in [0, 0.05) is 17.9 Å². The summed E-state index contributed by atoms with van der Waals surface area (Å²) in [7, 11) is 0. The number of hydrogen-bond donors (Lipinski definition) is 1. The van der Waals surface area contributed by atoms with Crippen molar-refractivity contribution < 1.29 is 0 Å². The molecule has 0 aromatic carbocycles. The standard InChI is InChI=1S/C15H26N2/c1-4-13(5-2)15(16-6-3)11-10-14-9-7-8-12-17-14/h7-9,12-13,15-16H,4-6,10-11H2,1-3H3. The quantitative estimate of drug-likeness (QED) is 0.745. The summed E-state index contributed by atoms with van der Waals surface area (Å²) in [5.74, 6) is 0.790. The van der Waals surface area contributed by atoms with Gasteiger partial charge in [0.05, 0.1) is 0 Å². The first kappa shape index (κ1) is 14.2. The van der Waals surface area contributed by atoms with E-state index in [4.69, 9.17) is 0 Å². The van der Waals surface area contributed by atoms with E-state index in [1.807, 2.05) is 12.3 Å². The SMILES string of the molecule is CCNC(CCc1ccccn1)C(CC)CC. The summed E-state index contributed by atoms with van der Waals surface area (Å²) < 4.78 is 0. The van der Waals surface area contributed by atoms with Crippen molar-refractivity contribution in [1.29, 1.82) is 0 Å². The van der Waals surface area contributed by atoms with Gasteiger partial charge in [-0.25, -0.2) is 0 Å². The highest BCUT2D eigenvalue weighted by atomic mass is 14.9. The Bertz CT molecular complexity index is 280. The maximum Gasteiger partial charge on any atom is 0.0404 e. The maximum atomic E-state index is 4.39. The Labute approximate surface area is 106 Å². The minimum atomic E-state index is 0.636. The van der Waals surface area contributed by atoms with E-state index in [0.717, 1.165) is 18.9 Å². The summed E-state index contributed by atoms with van der Waals surface area (Å²) in [4.78, 5) is 4.39. The third-order valence-corrected chi connectivity index (χ3v) is 3.52. The van der Waals surface area contributed by atoms with Gasteiger partial charge in [0.1, 0.15) is 0 Å². The Balaban J connectivity index is 2.49. The largest absolute Gasteiger partial charge is 0.314 e. The van der Waals surface area contributed by atoms with Gasteiger partial charge in [0.15, 0.2) is 0 Å². The molecule has 1 rings (SSSR count). The summed E-state index contributed by atoms with van der Waals surface area (Å²) in [6.45, 7) is 7.83. The highest BCUT2D eigenvalue weighted by Gasteiger charge is 2.17. The van der Waals surface area contributed by atoms with E-state index in [2.05, 4.69) is 43.2 Å². The van der Waals surface area contributed by atoms with Gasteiger partial charge in [-0.3, -0.25) is 4.98 Å². The second kappa shape index (κ2) is 8.24. The van der Waals surface area contributed by atoms with Crippen molar-refractivity contribution in [2.45, 2.75) is 52.5 Å². The molecule has 96 valence electrons. The summed E-state index contributed by atoms with van der Waals surface area (Å²) in [5.41, 5.74) is 1.21. The van der Waals surface area contributed by atoms with Gasteiger partial charge in [0.2, 0.25) is 0 Å². The van der Waals surface area contributed by atoms with Crippen LogP contribution < -0.4 is 5.32 Å². The van der Waals surface area contributed by atoms with Crippen LogP contribution in [0.4, 0.5) is 0 Å². The normalized spacial score (nSPS) is 12.9.